The third-order valence-electron chi connectivity index (χ3n) is 2.66. The Hall–Kier alpha value is -1.96. The van der Waals surface area contributed by atoms with E-state index in [1.54, 1.807) is 31.4 Å². The molecule has 0 radical (unpaired) electrons. The molecule has 0 saturated carbocycles. The van der Waals surface area contributed by atoms with Crippen LogP contribution in [0.1, 0.15) is 6.42 Å². The van der Waals surface area contributed by atoms with Crippen LogP contribution in [0.4, 0.5) is 11.4 Å². The fraction of sp³-hybridized carbons (Fsp3) is 0.429. The first-order valence-corrected chi connectivity index (χ1v) is 6.51. The summed E-state index contributed by atoms with van der Waals surface area (Å²) in [6.45, 7) is 0.389. The molecule has 0 aliphatic rings. The fourth-order valence-electron chi connectivity index (χ4n) is 1.61. The van der Waals surface area contributed by atoms with E-state index in [-0.39, 0.29) is 18.4 Å². The minimum atomic E-state index is -0.642. The zero-order valence-electron chi connectivity index (χ0n) is 12.2. The Balaban J connectivity index is 2.59. The minimum Gasteiger partial charge on any atom is -0.385 e. The lowest BCUT2D eigenvalue weighted by molar-refractivity contribution is -0.119. The summed E-state index contributed by atoms with van der Waals surface area (Å²) in [6, 6.07) is 6.16. The number of methoxy groups -OCH3 is 2. The molecule has 7 heteroatoms. The van der Waals surface area contributed by atoms with E-state index in [1.165, 1.54) is 7.11 Å². The van der Waals surface area contributed by atoms with Gasteiger partial charge in [0.1, 0.15) is 6.61 Å². The summed E-state index contributed by atoms with van der Waals surface area (Å²) < 4.78 is 9.61. The van der Waals surface area contributed by atoms with Gasteiger partial charge in [-0.1, -0.05) is 6.07 Å². The fourth-order valence-corrected chi connectivity index (χ4v) is 1.61. The molecule has 0 saturated heterocycles. The monoisotopic (exact) mass is 295 g/mol. The van der Waals surface area contributed by atoms with E-state index in [0.717, 1.165) is 0 Å². The van der Waals surface area contributed by atoms with Crippen LogP contribution in [0.25, 0.3) is 0 Å². The van der Waals surface area contributed by atoms with Crippen molar-refractivity contribution in [1.29, 1.82) is 0 Å². The summed E-state index contributed by atoms with van der Waals surface area (Å²) in [6.07, 6.45) is 0.437. The Morgan fingerprint density at radius 2 is 1.86 bits per heavy atom. The van der Waals surface area contributed by atoms with Gasteiger partial charge in [0.2, 0.25) is 11.8 Å². The summed E-state index contributed by atoms with van der Waals surface area (Å²) in [5, 5.41) is 5.35. The number of nitrogens with two attached hydrogens (primary N) is 1. The highest BCUT2D eigenvalue weighted by molar-refractivity contribution is 5.96. The van der Waals surface area contributed by atoms with Crippen molar-refractivity contribution < 1.29 is 19.1 Å². The molecule has 0 aliphatic heterocycles. The first-order chi connectivity index (χ1) is 10.1. The first kappa shape index (κ1) is 17.1. The van der Waals surface area contributed by atoms with E-state index in [4.69, 9.17) is 15.2 Å². The summed E-state index contributed by atoms with van der Waals surface area (Å²) in [7, 11) is 2.99. The van der Waals surface area contributed by atoms with Crippen molar-refractivity contribution in [3.8, 4) is 0 Å². The second-order valence-electron chi connectivity index (χ2n) is 4.44. The Morgan fingerprint density at radius 1 is 1.19 bits per heavy atom. The smallest absolute Gasteiger partial charge is 0.250 e. The topological polar surface area (TPSA) is 103 Å². The van der Waals surface area contributed by atoms with E-state index in [1.807, 2.05) is 0 Å². The van der Waals surface area contributed by atoms with Gasteiger partial charge in [0, 0.05) is 32.2 Å². The largest absolute Gasteiger partial charge is 0.385 e. The Kier molecular flexibility index (Phi) is 7.38. The lowest BCUT2D eigenvalue weighted by atomic mass is 10.2. The molecule has 1 aromatic rings. The zero-order valence-corrected chi connectivity index (χ0v) is 12.2. The molecule has 1 unspecified atom stereocenters. The van der Waals surface area contributed by atoms with Crippen molar-refractivity contribution >= 4 is 23.2 Å². The highest BCUT2D eigenvalue weighted by Crippen LogP contribution is 2.15. The third-order valence-corrected chi connectivity index (χ3v) is 2.66. The summed E-state index contributed by atoms with van der Waals surface area (Å²) in [5.74, 6) is -0.565. The summed E-state index contributed by atoms with van der Waals surface area (Å²) in [5.41, 5.74) is 6.86. The number of amides is 2. The van der Waals surface area contributed by atoms with E-state index in [9.17, 15) is 9.59 Å². The SMILES string of the molecule is COCCC(N)C(=O)Nc1cccc(NC(=O)COC)c1. The summed E-state index contributed by atoms with van der Waals surface area (Å²) >= 11 is 0. The molecule has 116 valence electrons. The van der Waals surface area contributed by atoms with Crippen LogP contribution in [0.3, 0.4) is 0 Å². The van der Waals surface area contributed by atoms with Gasteiger partial charge in [0.05, 0.1) is 6.04 Å². The van der Waals surface area contributed by atoms with Gasteiger partial charge in [-0.15, -0.1) is 0 Å². The predicted octanol–water partition coefficient (Wildman–Crippen LogP) is 0.574. The molecule has 21 heavy (non-hydrogen) atoms. The maximum absolute atomic E-state index is 11.9. The van der Waals surface area contributed by atoms with Crippen molar-refractivity contribution in [3.05, 3.63) is 24.3 Å². The lowest BCUT2D eigenvalue weighted by Crippen LogP contribution is -2.36. The van der Waals surface area contributed by atoms with Crippen LogP contribution in [0, 0.1) is 0 Å². The molecule has 0 spiro atoms. The van der Waals surface area contributed by atoms with Gasteiger partial charge < -0.3 is 25.8 Å². The average molecular weight is 295 g/mol. The number of rotatable bonds is 8. The van der Waals surface area contributed by atoms with E-state index >= 15 is 0 Å². The van der Waals surface area contributed by atoms with Crippen LogP contribution in [0.5, 0.6) is 0 Å². The van der Waals surface area contributed by atoms with Crippen molar-refractivity contribution in [3.63, 3.8) is 0 Å². The molecule has 1 rings (SSSR count). The molecule has 2 amide bonds. The molecule has 0 bridgehead atoms. The van der Waals surface area contributed by atoms with Gasteiger partial charge in [-0.05, 0) is 24.6 Å². The van der Waals surface area contributed by atoms with Crippen molar-refractivity contribution in [1.82, 2.24) is 0 Å². The van der Waals surface area contributed by atoms with Gasteiger partial charge >= 0.3 is 0 Å². The van der Waals surface area contributed by atoms with Crippen LogP contribution < -0.4 is 16.4 Å². The van der Waals surface area contributed by atoms with Crippen LogP contribution in [0.15, 0.2) is 24.3 Å². The van der Waals surface area contributed by atoms with Crippen LogP contribution in [-0.2, 0) is 19.1 Å². The van der Waals surface area contributed by atoms with E-state index < -0.39 is 6.04 Å². The average Bonchev–Trinajstić information content (AvgIpc) is 2.45. The second-order valence-corrected chi connectivity index (χ2v) is 4.44. The van der Waals surface area contributed by atoms with Crippen molar-refractivity contribution in [2.45, 2.75) is 12.5 Å². The minimum absolute atomic E-state index is 0.0293. The van der Waals surface area contributed by atoms with E-state index in [0.29, 0.717) is 24.4 Å². The zero-order chi connectivity index (χ0) is 15.7. The number of benzene rings is 1. The lowest BCUT2D eigenvalue weighted by Gasteiger charge is -2.12. The number of carbonyl (C=O) groups is 2. The molecule has 0 aliphatic carbocycles. The highest BCUT2D eigenvalue weighted by atomic mass is 16.5. The van der Waals surface area contributed by atoms with Gasteiger partial charge in [-0.2, -0.15) is 0 Å². The Labute approximate surface area is 123 Å². The Morgan fingerprint density at radius 3 is 2.48 bits per heavy atom. The van der Waals surface area contributed by atoms with Crippen LogP contribution in [-0.4, -0.2) is 45.3 Å². The summed E-state index contributed by atoms with van der Waals surface area (Å²) in [4.78, 5) is 23.3. The van der Waals surface area contributed by atoms with Gasteiger partial charge in [0.25, 0.3) is 0 Å². The maximum Gasteiger partial charge on any atom is 0.250 e. The standard InChI is InChI=1S/C14H21N3O4/c1-20-7-6-12(15)14(19)17-11-5-3-4-10(8-11)16-13(18)9-21-2/h3-5,8,12H,6-7,9,15H2,1-2H3,(H,16,18)(H,17,19). The molecule has 1 atom stereocenters. The first-order valence-electron chi connectivity index (χ1n) is 6.51. The van der Waals surface area contributed by atoms with Crippen molar-refractivity contribution in [2.75, 3.05) is 38.1 Å². The molecule has 4 N–H and O–H groups in total. The van der Waals surface area contributed by atoms with Crippen molar-refractivity contribution in [2.24, 2.45) is 5.73 Å². The van der Waals surface area contributed by atoms with Crippen LogP contribution >= 0.6 is 0 Å². The molecule has 7 nitrogen and oxygen atoms in total. The number of ether oxygens (including phenoxy) is 2. The van der Waals surface area contributed by atoms with E-state index in [2.05, 4.69) is 10.6 Å². The second kappa shape index (κ2) is 9.06. The van der Waals surface area contributed by atoms with Gasteiger partial charge in [-0.3, -0.25) is 9.59 Å². The molecule has 1 aromatic carbocycles. The molecular formula is C14H21N3O4. The van der Waals surface area contributed by atoms with Crippen LogP contribution in [0.2, 0.25) is 0 Å². The quantitative estimate of drug-likeness (QED) is 0.651. The van der Waals surface area contributed by atoms with Gasteiger partial charge in [-0.25, -0.2) is 0 Å². The molecule has 0 heterocycles. The number of hydrogen-bond donors (Lipinski definition) is 3. The molecule has 0 aromatic heterocycles. The van der Waals surface area contributed by atoms with Gasteiger partial charge in [0.15, 0.2) is 0 Å². The third kappa shape index (κ3) is 6.35. The predicted molar refractivity (Wildman–Crippen MR) is 80.0 cm³/mol. The maximum atomic E-state index is 11.9. The normalized spacial score (nSPS) is 11.8. The number of carbonyl (C=O) groups excluding carboxylic acids is 2. The number of anilines is 2. The Bertz CT molecular complexity index is 479. The highest BCUT2D eigenvalue weighted by Gasteiger charge is 2.13. The molecule has 0 fully saturated rings. The number of nitrogens with one attached hydrogen (secondary N) is 2. The molecular weight excluding hydrogens is 274 g/mol. The number of hydrogen-bond acceptors (Lipinski definition) is 5.